The van der Waals surface area contributed by atoms with Crippen LogP contribution in [0.2, 0.25) is 0 Å². The molecule has 4 aliphatic rings. The monoisotopic (exact) mass is 745 g/mol. The molecule has 3 N–H and O–H groups in total. The van der Waals surface area contributed by atoms with Crippen molar-refractivity contribution in [1.29, 1.82) is 0 Å². The Kier molecular flexibility index (Phi) is 11.1. The Morgan fingerprint density at radius 3 is 2.25 bits per heavy atom. The number of carbonyl (C=O) groups excluding carboxylic acids is 3. The molecule has 3 saturated heterocycles. The van der Waals surface area contributed by atoms with E-state index in [1.165, 1.54) is 4.90 Å². The Hall–Kier alpha value is -3.25. The highest BCUT2D eigenvalue weighted by atomic mass is 32.1. The molecule has 1 aromatic carbocycles. The summed E-state index contributed by atoms with van der Waals surface area (Å²) < 4.78 is 11.2. The van der Waals surface area contributed by atoms with Crippen LogP contribution in [0.15, 0.2) is 24.3 Å². The molecule has 3 aromatic rings. The average Bonchev–Trinajstić information content (AvgIpc) is 3.91. The number of urea groups is 1. The summed E-state index contributed by atoms with van der Waals surface area (Å²) in [5.41, 5.74) is 7.81. The number of rotatable bonds is 10. The van der Waals surface area contributed by atoms with Crippen molar-refractivity contribution in [1.82, 2.24) is 25.6 Å². The van der Waals surface area contributed by atoms with Crippen LogP contribution in [0.1, 0.15) is 101 Å². The highest BCUT2D eigenvalue weighted by Gasteiger charge is 2.50. The summed E-state index contributed by atoms with van der Waals surface area (Å²) in [6.07, 6.45) is 5.40. The molecule has 4 fully saturated rings. The van der Waals surface area contributed by atoms with Crippen molar-refractivity contribution >= 4 is 39.5 Å². The van der Waals surface area contributed by atoms with Gasteiger partial charge in [-0.15, -0.1) is 11.3 Å². The number of hydrogen-bond donors (Lipinski definition) is 3. The Labute approximate surface area is 318 Å². The van der Waals surface area contributed by atoms with Crippen molar-refractivity contribution < 1.29 is 23.9 Å². The number of hydrazine groups is 1. The lowest BCUT2D eigenvalue weighted by atomic mass is 9.76. The number of imide groups is 1. The van der Waals surface area contributed by atoms with Crippen molar-refractivity contribution in [2.24, 2.45) is 23.7 Å². The third-order valence-corrected chi connectivity index (χ3v) is 13.9. The van der Waals surface area contributed by atoms with Crippen molar-refractivity contribution in [2.75, 3.05) is 39.4 Å². The van der Waals surface area contributed by atoms with E-state index in [0.717, 1.165) is 114 Å². The zero-order chi connectivity index (χ0) is 37.6. The molecule has 1 saturated carbocycles. The predicted molar refractivity (Wildman–Crippen MR) is 210 cm³/mol. The van der Waals surface area contributed by atoms with Gasteiger partial charge in [0.2, 0.25) is 0 Å². The molecule has 4 atom stereocenters. The first-order valence-corrected chi connectivity index (χ1v) is 20.8. The fourth-order valence-electron chi connectivity index (χ4n) is 9.68. The van der Waals surface area contributed by atoms with Crippen molar-refractivity contribution in [3.8, 4) is 11.3 Å². The third kappa shape index (κ3) is 7.82. The minimum atomic E-state index is -0.654. The number of nitrogens with one attached hydrogen (secondary N) is 3. The lowest BCUT2D eigenvalue weighted by molar-refractivity contribution is -0.128. The summed E-state index contributed by atoms with van der Waals surface area (Å²) in [4.78, 5) is 48.9. The van der Waals surface area contributed by atoms with Gasteiger partial charge < -0.3 is 19.8 Å². The quantitative estimate of drug-likeness (QED) is 0.192. The number of carbonyl (C=O) groups is 3. The number of piperidine rings is 2. The number of hydrogen-bond acceptors (Lipinski definition) is 8. The molecule has 2 aromatic heterocycles. The van der Waals surface area contributed by atoms with Crippen molar-refractivity contribution in [3.63, 3.8) is 0 Å². The highest BCUT2D eigenvalue weighted by molar-refractivity contribution is 7.19. The van der Waals surface area contributed by atoms with E-state index in [-0.39, 0.29) is 30.5 Å². The number of aromatic amines is 1. The van der Waals surface area contributed by atoms with Crippen LogP contribution in [0.3, 0.4) is 0 Å². The lowest BCUT2D eigenvalue weighted by Gasteiger charge is -2.38. The van der Waals surface area contributed by atoms with Crippen molar-refractivity contribution in [3.05, 3.63) is 45.8 Å². The van der Waals surface area contributed by atoms with Crippen LogP contribution < -0.4 is 10.7 Å². The number of ether oxygens (including phenoxy) is 2. The number of fused-ring (bicyclic) bond motifs is 3. The largest absolute Gasteiger partial charge is 0.446 e. The molecule has 288 valence electrons. The van der Waals surface area contributed by atoms with E-state index in [9.17, 15) is 14.4 Å². The van der Waals surface area contributed by atoms with Gasteiger partial charge in [-0.2, -0.15) is 0 Å². The molecule has 0 spiro atoms. The number of ketones is 1. The Balaban J connectivity index is 1.17. The van der Waals surface area contributed by atoms with Crippen LogP contribution in [0.5, 0.6) is 0 Å². The molecule has 53 heavy (non-hydrogen) atoms. The van der Waals surface area contributed by atoms with Crippen molar-refractivity contribution in [2.45, 2.75) is 110 Å². The van der Waals surface area contributed by atoms with Gasteiger partial charge in [-0.1, -0.05) is 24.1 Å². The lowest BCUT2D eigenvalue weighted by Crippen LogP contribution is -2.54. The Morgan fingerprint density at radius 1 is 0.962 bits per heavy atom. The number of H-pyrrole nitrogens is 1. The minimum Gasteiger partial charge on any atom is -0.446 e. The Bertz CT molecular complexity index is 1780. The first kappa shape index (κ1) is 38.0. The third-order valence-electron chi connectivity index (χ3n) is 12.5. The maximum atomic E-state index is 14.2. The second-order valence-electron chi connectivity index (χ2n) is 17.1. The molecule has 3 aliphatic heterocycles. The van der Waals surface area contributed by atoms with Gasteiger partial charge in [0, 0.05) is 61.0 Å². The van der Waals surface area contributed by atoms with Crippen LogP contribution in [-0.4, -0.2) is 84.3 Å². The molecule has 2 bridgehead atoms. The number of aromatic nitrogens is 1. The second kappa shape index (κ2) is 15.5. The van der Waals surface area contributed by atoms with Gasteiger partial charge in [-0.3, -0.25) is 10.2 Å². The predicted octanol–water partition coefficient (Wildman–Crippen LogP) is 8.07. The number of benzene rings is 1. The molecular weight excluding hydrogens is 687 g/mol. The van der Waals surface area contributed by atoms with Crippen LogP contribution >= 0.6 is 11.3 Å². The van der Waals surface area contributed by atoms with Gasteiger partial charge in [0.1, 0.15) is 10.6 Å². The number of amides is 3. The van der Waals surface area contributed by atoms with Crippen LogP contribution in [0, 0.1) is 37.5 Å². The fourth-order valence-corrected chi connectivity index (χ4v) is 10.9. The van der Waals surface area contributed by atoms with E-state index in [4.69, 9.17) is 9.47 Å². The number of thiophene rings is 1. The van der Waals surface area contributed by atoms with Gasteiger partial charge in [0.15, 0.2) is 0 Å². The zero-order valence-electron chi connectivity index (χ0n) is 32.7. The second-order valence-corrected chi connectivity index (χ2v) is 18.2. The van der Waals surface area contributed by atoms with E-state index in [2.05, 4.69) is 74.6 Å². The summed E-state index contributed by atoms with van der Waals surface area (Å²) in [5.74, 6) is 1.86. The van der Waals surface area contributed by atoms with Gasteiger partial charge in [0.25, 0.3) is 0 Å². The van der Waals surface area contributed by atoms with E-state index in [1.807, 2.05) is 5.01 Å². The minimum absolute atomic E-state index is 0.0568. The first-order chi connectivity index (χ1) is 25.3. The number of aryl methyl sites for hydroxylation is 2. The topological polar surface area (TPSA) is 116 Å². The van der Waals surface area contributed by atoms with Crippen LogP contribution in [0.25, 0.3) is 21.5 Å². The average molecular weight is 746 g/mol. The first-order valence-electron chi connectivity index (χ1n) is 19.9. The van der Waals surface area contributed by atoms with E-state index in [0.29, 0.717) is 23.5 Å². The molecule has 4 unspecified atom stereocenters. The molecule has 11 heteroatoms. The maximum Gasteiger partial charge on any atom is 0.418 e. The standard InChI is InChI=1S/C42H59N5O5S/c1-24(2)52-41(50)47(40(49)45-46-14-10-28(11-15-46)29-12-16-51-17-13-29)23-27(5)35-32-21-34(42(6,7)38(48)36-30-8-9-33(36)43-22-30)53-39(32)44-37(35)31-19-25(3)18-26(4)20-31/h18-21,24,27-30,33,36,43-44H,8-17,22-23H2,1-7H3,(H,45,49). The summed E-state index contributed by atoms with van der Waals surface area (Å²) in [6.45, 7) is 18.3. The zero-order valence-corrected chi connectivity index (χ0v) is 33.5. The summed E-state index contributed by atoms with van der Waals surface area (Å²) in [5, 5.41) is 6.57. The normalized spacial score (nSPS) is 23.5. The molecule has 3 amide bonds. The molecule has 0 radical (unpaired) electrons. The van der Waals surface area contributed by atoms with Crippen LogP contribution in [-0.2, 0) is 19.7 Å². The molecule has 10 nitrogen and oxygen atoms in total. The maximum absolute atomic E-state index is 14.2. The summed E-state index contributed by atoms with van der Waals surface area (Å²) in [6, 6.07) is 8.52. The van der Waals surface area contributed by atoms with Gasteiger partial charge >= 0.3 is 12.1 Å². The summed E-state index contributed by atoms with van der Waals surface area (Å²) >= 11 is 1.65. The van der Waals surface area contributed by atoms with Gasteiger partial charge in [-0.05, 0) is 134 Å². The summed E-state index contributed by atoms with van der Waals surface area (Å²) in [7, 11) is 0. The van der Waals surface area contributed by atoms with E-state index >= 15 is 0 Å². The highest BCUT2D eigenvalue weighted by Crippen LogP contribution is 2.47. The SMILES string of the molecule is Cc1cc(C)cc(-c2[nH]c3sc(C(C)(C)C(=O)C4C5CCC4NC5)cc3c2C(C)CN(C(=O)NN2CCC(C3CCOCC3)CC2)C(=O)OC(C)C)c1. The number of Topliss-reactive ketones (excluding diaryl/α,β-unsaturated/α-hetero) is 1. The van der Waals surface area contributed by atoms with E-state index < -0.39 is 17.5 Å². The fraction of sp³-hybridized carbons (Fsp3) is 0.643. The van der Waals surface area contributed by atoms with Crippen LogP contribution in [0.4, 0.5) is 9.59 Å². The number of nitrogens with zero attached hydrogens (tertiary/aromatic N) is 2. The molecule has 1 aliphatic carbocycles. The Morgan fingerprint density at radius 2 is 1.64 bits per heavy atom. The van der Waals surface area contributed by atoms with Gasteiger partial charge in [0.05, 0.1) is 17.2 Å². The van der Waals surface area contributed by atoms with E-state index in [1.54, 1.807) is 25.2 Å². The van der Waals surface area contributed by atoms with Gasteiger partial charge in [-0.25, -0.2) is 19.5 Å². The smallest absolute Gasteiger partial charge is 0.418 e. The molecule has 7 rings (SSSR count). The molecule has 5 heterocycles. The molecular formula is C42H59N5O5S.